The number of carbonyl (C=O) groups excluding carboxylic acids is 2. The summed E-state index contributed by atoms with van der Waals surface area (Å²) in [5.74, 6) is -0.0232. The Kier molecular flexibility index (Phi) is 3.78. The molecule has 0 aliphatic carbocycles. The first-order valence-electron chi connectivity index (χ1n) is 6.79. The van der Waals surface area contributed by atoms with E-state index in [1.54, 1.807) is 30.3 Å². The molecule has 0 amide bonds. The average molecular weight is 298 g/mol. The molecule has 2 aromatic rings. The maximum absolute atomic E-state index is 12.1. The Labute approximate surface area is 127 Å². The summed E-state index contributed by atoms with van der Waals surface area (Å²) in [4.78, 5) is 23.1. The lowest BCUT2D eigenvalue weighted by Gasteiger charge is -2.09. The minimum Gasteiger partial charge on any atom is -0.482 e. The second-order valence-electron chi connectivity index (χ2n) is 4.83. The molecule has 0 aromatic heterocycles. The second-order valence-corrected chi connectivity index (χ2v) is 4.83. The minimum absolute atomic E-state index is 0.149. The number of rotatable bonds is 4. The lowest BCUT2D eigenvalue weighted by atomic mass is 9.93. The van der Waals surface area contributed by atoms with Gasteiger partial charge in [0.1, 0.15) is 17.4 Å². The predicted octanol–water partition coefficient (Wildman–Crippen LogP) is 2.29. The van der Waals surface area contributed by atoms with E-state index in [9.17, 15) is 9.59 Å². The van der Waals surface area contributed by atoms with E-state index in [1.165, 1.54) is 7.11 Å². The van der Waals surface area contributed by atoms with E-state index in [2.05, 4.69) is 4.74 Å². The molecule has 0 bridgehead atoms. The number of ether oxygens (including phenoxy) is 3. The molecular weight excluding hydrogens is 284 g/mol. The fraction of sp³-hybridized carbons (Fsp3) is 0.176. The predicted molar refractivity (Wildman–Crippen MR) is 77.9 cm³/mol. The third-order valence-electron chi connectivity index (χ3n) is 3.47. The Balaban J connectivity index is 1.79. The van der Waals surface area contributed by atoms with Crippen LogP contribution in [0, 0.1) is 0 Å². The first-order chi connectivity index (χ1) is 10.7. The molecule has 1 aliphatic heterocycles. The number of carbonyl (C=O) groups is 2. The van der Waals surface area contributed by atoms with Crippen LogP contribution in [0.25, 0.3) is 0 Å². The van der Waals surface area contributed by atoms with Crippen molar-refractivity contribution in [2.45, 2.75) is 5.92 Å². The third-order valence-corrected chi connectivity index (χ3v) is 3.47. The highest BCUT2D eigenvalue weighted by molar-refractivity contribution is 5.89. The van der Waals surface area contributed by atoms with Crippen LogP contribution in [0.2, 0.25) is 0 Å². The maximum Gasteiger partial charge on any atom is 0.343 e. The highest BCUT2D eigenvalue weighted by Gasteiger charge is 2.33. The van der Waals surface area contributed by atoms with Gasteiger partial charge in [-0.3, -0.25) is 4.79 Å². The first-order valence-corrected chi connectivity index (χ1v) is 6.79. The second kappa shape index (κ2) is 5.89. The molecule has 22 heavy (non-hydrogen) atoms. The maximum atomic E-state index is 12.1. The van der Waals surface area contributed by atoms with Crippen molar-refractivity contribution < 1.29 is 23.8 Å². The summed E-state index contributed by atoms with van der Waals surface area (Å²) in [6.07, 6.45) is 0. The Hall–Kier alpha value is -2.82. The molecule has 0 saturated carbocycles. The molecule has 2 aromatic carbocycles. The summed E-state index contributed by atoms with van der Waals surface area (Å²) >= 11 is 0. The topological polar surface area (TPSA) is 61.8 Å². The molecule has 5 nitrogen and oxygen atoms in total. The lowest BCUT2D eigenvalue weighted by Crippen LogP contribution is -2.13. The summed E-state index contributed by atoms with van der Waals surface area (Å²) in [5, 5.41) is 0. The minimum atomic E-state index is -0.447. The summed E-state index contributed by atoms with van der Waals surface area (Å²) < 4.78 is 15.1. The highest BCUT2D eigenvalue weighted by Crippen LogP contribution is 2.39. The number of fused-ring (bicyclic) bond motifs is 1. The van der Waals surface area contributed by atoms with Gasteiger partial charge >= 0.3 is 11.9 Å². The van der Waals surface area contributed by atoms with Crippen LogP contribution in [0.1, 0.15) is 17.0 Å². The van der Waals surface area contributed by atoms with Crippen LogP contribution < -0.4 is 9.47 Å². The van der Waals surface area contributed by atoms with Gasteiger partial charge in [-0.05, 0) is 23.8 Å². The molecule has 112 valence electrons. The number of benzene rings is 2. The lowest BCUT2D eigenvalue weighted by molar-refractivity contribution is -0.143. The van der Waals surface area contributed by atoms with E-state index < -0.39 is 11.9 Å². The van der Waals surface area contributed by atoms with E-state index in [-0.39, 0.29) is 12.6 Å². The van der Waals surface area contributed by atoms with E-state index in [0.717, 1.165) is 11.1 Å². The summed E-state index contributed by atoms with van der Waals surface area (Å²) in [5.41, 5.74) is 1.68. The van der Waals surface area contributed by atoms with Crippen molar-refractivity contribution in [3.05, 3.63) is 59.7 Å². The quantitative estimate of drug-likeness (QED) is 0.640. The van der Waals surface area contributed by atoms with Gasteiger partial charge in [0.05, 0.1) is 7.11 Å². The number of esters is 2. The average Bonchev–Trinajstić information content (AvgIpc) is 2.89. The van der Waals surface area contributed by atoms with Gasteiger partial charge in [-0.2, -0.15) is 0 Å². The van der Waals surface area contributed by atoms with Crippen LogP contribution in [0.4, 0.5) is 0 Å². The van der Waals surface area contributed by atoms with Crippen molar-refractivity contribution in [2.75, 3.05) is 13.7 Å². The van der Waals surface area contributed by atoms with Crippen LogP contribution in [-0.2, 0) is 14.3 Å². The summed E-state index contributed by atoms with van der Waals surface area (Å²) in [7, 11) is 1.30. The van der Waals surface area contributed by atoms with E-state index in [4.69, 9.17) is 9.47 Å². The van der Waals surface area contributed by atoms with Gasteiger partial charge in [-0.1, -0.05) is 30.3 Å². The van der Waals surface area contributed by atoms with E-state index in [1.807, 2.05) is 18.2 Å². The fourth-order valence-corrected chi connectivity index (χ4v) is 2.38. The Morgan fingerprint density at radius 1 is 1.14 bits per heavy atom. The SMILES string of the molecule is COC(=O)COc1ccc(C2C(=O)Oc3ccccc32)cc1. The van der Waals surface area contributed by atoms with E-state index >= 15 is 0 Å². The first kappa shape index (κ1) is 14.1. The van der Waals surface area contributed by atoms with Gasteiger partial charge < -0.3 is 14.2 Å². The van der Waals surface area contributed by atoms with Crippen molar-refractivity contribution >= 4 is 11.9 Å². The van der Waals surface area contributed by atoms with Crippen molar-refractivity contribution in [1.82, 2.24) is 0 Å². The zero-order chi connectivity index (χ0) is 15.5. The van der Waals surface area contributed by atoms with Crippen molar-refractivity contribution in [2.24, 2.45) is 0 Å². The normalized spacial score (nSPS) is 15.9. The van der Waals surface area contributed by atoms with Crippen molar-refractivity contribution in [3.8, 4) is 11.5 Å². The van der Waals surface area contributed by atoms with Gasteiger partial charge in [-0.25, -0.2) is 4.79 Å². The smallest absolute Gasteiger partial charge is 0.343 e. The van der Waals surface area contributed by atoms with Crippen LogP contribution in [0.15, 0.2) is 48.5 Å². The monoisotopic (exact) mass is 298 g/mol. The molecular formula is C17H14O5. The number of hydrogen-bond acceptors (Lipinski definition) is 5. The van der Waals surface area contributed by atoms with E-state index in [0.29, 0.717) is 11.5 Å². The van der Waals surface area contributed by atoms with Gasteiger partial charge in [-0.15, -0.1) is 0 Å². The number of para-hydroxylation sites is 1. The molecule has 1 heterocycles. The van der Waals surface area contributed by atoms with Crippen LogP contribution in [0.5, 0.6) is 11.5 Å². The van der Waals surface area contributed by atoms with Gasteiger partial charge in [0, 0.05) is 5.56 Å². The zero-order valence-corrected chi connectivity index (χ0v) is 11.9. The molecule has 3 rings (SSSR count). The number of hydrogen-bond donors (Lipinski definition) is 0. The van der Waals surface area contributed by atoms with Gasteiger partial charge in [0.15, 0.2) is 6.61 Å². The molecule has 0 saturated heterocycles. The van der Waals surface area contributed by atoms with Crippen molar-refractivity contribution in [1.29, 1.82) is 0 Å². The van der Waals surface area contributed by atoms with Gasteiger partial charge in [0.25, 0.3) is 0 Å². The molecule has 0 spiro atoms. The highest BCUT2D eigenvalue weighted by atomic mass is 16.6. The molecule has 0 radical (unpaired) electrons. The Morgan fingerprint density at radius 3 is 2.59 bits per heavy atom. The third kappa shape index (κ3) is 2.65. The van der Waals surface area contributed by atoms with Crippen LogP contribution >= 0.6 is 0 Å². The summed E-state index contributed by atoms with van der Waals surface area (Å²) in [6, 6.07) is 14.4. The Morgan fingerprint density at radius 2 is 1.86 bits per heavy atom. The standard InChI is InChI=1S/C17H14O5/c1-20-15(18)10-21-12-8-6-11(7-9-12)16-13-4-2-3-5-14(13)22-17(16)19/h2-9,16H,10H2,1H3. The molecule has 1 aliphatic rings. The zero-order valence-electron chi connectivity index (χ0n) is 11.9. The van der Waals surface area contributed by atoms with Crippen LogP contribution in [-0.4, -0.2) is 25.7 Å². The largest absolute Gasteiger partial charge is 0.482 e. The Bertz CT molecular complexity index is 705. The summed E-state index contributed by atoms with van der Waals surface area (Å²) in [6.45, 7) is -0.149. The fourth-order valence-electron chi connectivity index (χ4n) is 2.38. The molecule has 5 heteroatoms. The van der Waals surface area contributed by atoms with Crippen molar-refractivity contribution in [3.63, 3.8) is 0 Å². The van der Waals surface area contributed by atoms with Gasteiger partial charge in [0.2, 0.25) is 0 Å². The molecule has 1 unspecified atom stereocenters. The molecule has 0 fully saturated rings. The van der Waals surface area contributed by atoms with Crippen LogP contribution in [0.3, 0.4) is 0 Å². The molecule has 0 N–H and O–H groups in total. The number of methoxy groups -OCH3 is 1. The molecule has 1 atom stereocenters.